The molecular weight excluding hydrogens is 192 g/mol. The molecule has 0 radical (unpaired) electrons. The summed E-state index contributed by atoms with van der Waals surface area (Å²) in [6, 6.07) is 0.426. The quantitative estimate of drug-likeness (QED) is 0.707. The van der Waals surface area contributed by atoms with Crippen LogP contribution in [0.3, 0.4) is 0 Å². The maximum absolute atomic E-state index is 10.9. The topological polar surface area (TPSA) is 50.4 Å². The number of ether oxygens (including phenoxy) is 1. The number of piperidine rings is 1. The number of carbonyl (C=O) groups excluding carboxylic acids is 1. The number of carbonyl (C=O) groups is 1. The molecule has 0 saturated carbocycles. The Morgan fingerprint density at radius 2 is 2.33 bits per heavy atom. The summed E-state index contributed by atoms with van der Waals surface area (Å²) in [5.74, 6) is 0.172. The largest absolute Gasteiger partial charge is 0.379 e. The van der Waals surface area contributed by atoms with Gasteiger partial charge in [-0.05, 0) is 33.2 Å². The molecule has 1 aliphatic heterocycles. The van der Waals surface area contributed by atoms with E-state index in [4.69, 9.17) is 4.74 Å². The van der Waals surface area contributed by atoms with Crippen molar-refractivity contribution in [2.45, 2.75) is 44.8 Å². The van der Waals surface area contributed by atoms with Gasteiger partial charge in [-0.2, -0.15) is 0 Å². The molecule has 1 amide bonds. The molecule has 1 aliphatic rings. The molecule has 0 spiro atoms. The van der Waals surface area contributed by atoms with Crippen molar-refractivity contribution in [1.29, 1.82) is 0 Å². The fourth-order valence-corrected chi connectivity index (χ4v) is 1.59. The molecule has 88 valence electrons. The van der Waals surface area contributed by atoms with E-state index < -0.39 is 0 Å². The lowest BCUT2D eigenvalue weighted by Gasteiger charge is -2.27. The molecule has 0 aliphatic carbocycles. The average molecular weight is 214 g/mol. The lowest BCUT2D eigenvalue weighted by molar-refractivity contribution is -0.122. The maximum atomic E-state index is 10.9. The van der Waals surface area contributed by atoms with Crippen LogP contribution in [-0.2, 0) is 9.53 Å². The fraction of sp³-hybridized carbons (Fsp3) is 0.909. The predicted molar refractivity (Wildman–Crippen MR) is 59.7 cm³/mol. The zero-order chi connectivity index (χ0) is 11.3. The molecule has 0 aromatic heterocycles. The van der Waals surface area contributed by atoms with Gasteiger partial charge in [-0.25, -0.2) is 0 Å². The van der Waals surface area contributed by atoms with E-state index in [0.717, 1.165) is 25.9 Å². The molecule has 0 aromatic rings. The molecule has 0 bridgehead atoms. The van der Waals surface area contributed by atoms with Crippen LogP contribution >= 0.6 is 0 Å². The molecule has 1 saturated heterocycles. The molecule has 2 N–H and O–H groups in total. The van der Waals surface area contributed by atoms with Gasteiger partial charge >= 0.3 is 0 Å². The molecule has 1 fully saturated rings. The summed E-state index contributed by atoms with van der Waals surface area (Å²) < 4.78 is 5.33. The number of methoxy groups -OCH3 is 1. The van der Waals surface area contributed by atoms with Crippen molar-refractivity contribution < 1.29 is 9.53 Å². The third-order valence-corrected chi connectivity index (χ3v) is 2.98. The second-order valence-electron chi connectivity index (χ2n) is 4.71. The molecular formula is C11H22N2O2. The van der Waals surface area contributed by atoms with Crippen molar-refractivity contribution in [3.05, 3.63) is 0 Å². The monoisotopic (exact) mass is 214 g/mol. The Bertz CT molecular complexity index is 207. The molecule has 1 unspecified atom stereocenters. The normalized spacial score (nSPS) is 22.6. The van der Waals surface area contributed by atoms with Gasteiger partial charge in [-0.15, -0.1) is 0 Å². The first kappa shape index (κ1) is 12.5. The van der Waals surface area contributed by atoms with Crippen LogP contribution in [-0.4, -0.2) is 37.7 Å². The minimum atomic E-state index is -0.0646. The molecule has 1 rings (SSSR count). The summed E-state index contributed by atoms with van der Waals surface area (Å²) in [7, 11) is 1.74. The van der Waals surface area contributed by atoms with Crippen LogP contribution < -0.4 is 10.6 Å². The van der Waals surface area contributed by atoms with Crippen LogP contribution in [0.4, 0.5) is 0 Å². The molecule has 4 nitrogen and oxygen atoms in total. The average Bonchev–Trinajstić information content (AvgIpc) is 2.21. The highest BCUT2D eigenvalue weighted by Crippen LogP contribution is 2.12. The zero-order valence-corrected chi connectivity index (χ0v) is 9.93. The second kappa shape index (κ2) is 5.47. The molecule has 15 heavy (non-hydrogen) atoms. The van der Waals surface area contributed by atoms with Crippen molar-refractivity contribution in [1.82, 2.24) is 10.6 Å². The number of hydrogen-bond acceptors (Lipinski definition) is 3. The summed E-state index contributed by atoms with van der Waals surface area (Å²) >= 11 is 0. The van der Waals surface area contributed by atoms with E-state index in [1.54, 1.807) is 7.11 Å². The van der Waals surface area contributed by atoms with E-state index in [0.29, 0.717) is 12.5 Å². The van der Waals surface area contributed by atoms with Crippen LogP contribution in [0.2, 0.25) is 0 Å². The van der Waals surface area contributed by atoms with E-state index in [1.807, 2.05) is 0 Å². The Balaban J connectivity index is 2.13. The Kier molecular flexibility index (Phi) is 4.54. The first-order valence-electron chi connectivity index (χ1n) is 5.59. The van der Waals surface area contributed by atoms with Gasteiger partial charge in [0.15, 0.2) is 0 Å². The second-order valence-corrected chi connectivity index (χ2v) is 4.71. The summed E-state index contributed by atoms with van der Waals surface area (Å²) in [4.78, 5) is 10.9. The van der Waals surface area contributed by atoms with Crippen LogP contribution in [0.5, 0.6) is 0 Å². The highest BCUT2D eigenvalue weighted by molar-refractivity contribution is 5.76. The van der Waals surface area contributed by atoms with Gasteiger partial charge in [0.25, 0.3) is 0 Å². The molecule has 4 heteroatoms. The minimum absolute atomic E-state index is 0.0646. The first-order chi connectivity index (χ1) is 7.03. The number of rotatable bonds is 5. The third kappa shape index (κ3) is 4.62. The van der Waals surface area contributed by atoms with Crippen molar-refractivity contribution in [3.8, 4) is 0 Å². The van der Waals surface area contributed by atoms with E-state index >= 15 is 0 Å². The summed E-state index contributed by atoms with van der Waals surface area (Å²) in [5, 5.41) is 6.30. The minimum Gasteiger partial charge on any atom is -0.379 e. The van der Waals surface area contributed by atoms with E-state index in [9.17, 15) is 4.79 Å². The van der Waals surface area contributed by atoms with E-state index in [2.05, 4.69) is 24.5 Å². The Labute approximate surface area is 91.8 Å². The van der Waals surface area contributed by atoms with Crippen LogP contribution in [0, 0.1) is 0 Å². The summed E-state index contributed by atoms with van der Waals surface area (Å²) in [6.45, 7) is 5.85. The van der Waals surface area contributed by atoms with Crippen molar-refractivity contribution in [2.24, 2.45) is 0 Å². The van der Waals surface area contributed by atoms with Gasteiger partial charge in [0.2, 0.25) is 5.91 Å². The number of nitrogens with one attached hydrogen (secondary N) is 2. The molecule has 1 heterocycles. The standard InChI is InChI=1S/C11H22N2O2/c1-11(2,15-3)6-7-12-9-4-5-10(14)13-8-9/h9,12H,4-8H2,1-3H3,(H,13,14). The first-order valence-corrected chi connectivity index (χ1v) is 5.59. The van der Waals surface area contributed by atoms with Crippen molar-refractivity contribution >= 4 is 5.91 Å². The van der Waals surface area contributed by atoms with Gasteiger partial charge in [0.1, 0.15) is 0 Å². The Morgan fingerprint density at radius 1 is 1.60 bits per heavy atom. The molecule has 1 atom stereocenters. The Hall–Kier alpha value is -0.610. The van der Waals surface area contributed by atoms with Crippen molar-refractivity contribution in [2.75, 3.05) is 20.2 Å². The van der Waals surface area contributed by atoms with Gasteiger partial charge in [0, 0.05) is 26.1 Å². The van der Waals surface area contributed by atoms with Gasteiger partial charge in [0.05, 0.1) is 5.60 Å². The number of amides is 1. The summed E-state index contributed by atoms with van der Waals surface area (Å²) in [6.07, 6.45) is 2.57. The van der Waals surface area contributed by atoms with Crippen LogP contribution in [0.25, 0.3) is 0 Å². The predicted octanol–water partition coefficient (Wildman–Crippen LogP) is 0.670. The zero-order valence-electron chi connectivity index (χ0n) is 9.93. The Morgan fingerprint density at radius 3 is 2.87 bits per heavy atom. The van der Waals surface area contributed by atoms with Gasteiger partial charge in [-0.3, -0.25) is 4.79 Å². The van der Waals surface area contributed by atoms with E-state index in [1.165, 1.54) is 0 Å². The smallest absolute Gasteiger partial charge is 0.220 e. The highest BCUT2D eigenvalue weighted by atomic mass is 16.5. The summed E-state index contributed by atoms with van der Waals surface area (Å²) in [5.41, 5.74) is -0.0646. The van der Waals surface area contributed by atoms with Crippen LogP contribution in [0.15, 0.2) is 0 Å². The van der Waals surface area contributed by atoms with Gasteiger partial charge < -0.3 is 15.4 Å². The maximum Gasteiger partial charge on any atom is 0.220 e. The highest BCUT2D eigenvalue weighted by Gasteiger charge is 2.19. The molecule has 0 aromatic carbocycles. The lowest BCUT2D eigenvalue weighted by Crippen LogP contribution is -2.46. The van der Waals surface area contributed by atoms with E-state index in [-0.39, 0.29) is 11.5 Å². The van der Waals surface area contributed by atoms with Crippen LogP contribution in [0.1, 0.15) is 33.1 Å². The lowest BCUT2D eigenvalue weighted by atomic mass is 10.0. The third-order valence-electron chi connectivity index (χ3n) is 2.98. The number of hydrogen-bond donors (Lipinski definition) is 2. The SMILES string of the molecule is COC(C)(C)CCNC1CCC(=O)NC1. The van der Waals surface area contributed by atoms with Gasteiger partial charge in [-0.1, -0.05) is 0 Å². The van der Waals surface area contributed by atoms with Crippen molar-refractivity contribution in [3.63, 3.8) is 0 Å². The fourth-order valence-electron chi connectivity index (χ4n) is 1.59.